The molecule has 2 aromatic rings. The van der Waals surface area contributed by atoms with Gasteiger partial charge in [0.2, 0.25) is 5.91 Å². The van der Waals surface area contributed by atoms with Crippen molar-refractivity contribution >= 4 is 23.4 Å². The van der Waals surface area contributed by atoms with Crippen molar-refractivity contribution in [2.75, 3.05) is 18.5 Å². The van der Waals surface area contributed by atoms with Crippen LogP contribution in [0.1, 0.15) is 6.92 Å². The highest BCUT2D eigenvalue weighted by Crippen LogP contribution is 2.33. The number of nitrogens with one attached hydrogen (secondary N) is 1. The third kappa shape index (κ3) is 3.96. The van der Waals surface area contributed by atoms with Crippen LogP contribution in [0.5, 0.6) is 11.5 Å². The monoisotopic (exact) mass is 333 g/mol. The van der Waals surface area contributed by atoms with E-state index in [-0.39, 0.29) is 17.0 Å². The normalized spacial score (nSPS) is 14.2. The first-order valence-electron chi connectivity index (χ1n) is 7.24. The van der Waals surface area contributed by atoms with Crippen LogP contribution in [0, 0.1) is 5.82 Å². The van der Waals surface area contributed by atoms with Crippen molar-refractivity contribution in [2.24, 2.45) is 0 Å². The van der Waals surface area contributed by atoms with Gasteiger partial charge >= 0.3 is 0 Å². The molecule has 0 saturated heterocycles. The van der Waals surface area contributed by atoms with Crippen LogP contribution in [-0.2, 0) is 4.79 Å². The Bertz CT molecular complexity index is 705. The van der Waals surface area contributed by atoms with Gasteiger partial charge in [-0.3, -0.25) is 4.79 Å². The van der Waals surface area contributed by atoms with Crippen LogP contribution in [0.3, 0.4) is 0 Å². The highest BCUT2D eigenvalue weighted by atomic mass is 32.2. The number of hydrogen-bond acceptors (Lipinski definition) is 4. The molecule has 2 aromatic carbocycles. The number of carbonyl (C=O) groups excluding carboxylic acids is 1. The van der Waals surface area contributed by atoms with Crippen molar-refractivity contribution in [3.63, 3.8) is 0 Å². The molecular weight excluding hydrogens is 317 g/mol. The van der Waals surface area contributed by atoms with Gasteiger partial charge in [-0.15, -0.1) is 11.8 Å². The van der Waals surface area contributed by atoms with E-state index in [1.54, 1.807) is 37.3 Å². The SMILES string of the molecule is CC(Sc1ccc(F)cc1)C(=O)Nc1ccc2c(c1)OCCO2. The molecule has 0 radical (unpaired) electrons. The summed E-state index contributed by atoms with van der Waals surface area (Å²) in [7, 11) is 0. The summed E-state index contributed by atoms with van der Waals surface area (Å²) in [6.45, 7) is 2.84. The Balaban J connectivity index is 1.63. The van der Waals surface area contributed by atoms with Gasteiger partial charge in [0.15, 0.2) is 11.5 Å². The fourth-order valence-corrected chi connectivity index (χ4v) is 3.00. The molecular formula is C17H16FNO3S. The first-order chi connectivity index (χ1) is 11.1. The smallest absolute Gasteiger partial charge is 0.237 e. The second kappa shape index (κ2) is 6.91. The van der Waals surface area contributed by atoms with Gasteiger partial charge < -0.3 is 14.8 Å². The summed E-state index contributed by atoms with van der Waals surface area (Å²) in [4.78, 5) is 13.1. The molecule has 3 rings (SSSR count). The quantitative estimate of drug-likeness (QED) is 0.867. The Morgan fingerprint density at radius 1 is 1.13 bits per heavy atom. The zero-order valence-electron chi connectivity index (χ0n) is 12.5. The van der Waals surface area contributed by atoms with Gasteiger partial charge in [0.05, 0.1) is 5.25 Å². The predicted octanol–water partition coefficient (Wildman–Crippen LogP) is 3.72. The molecule has 0 aromatic heterocycles. The van der Waals surface area contributed by atoms with Gasteiger partial charge in [-0.2, -0.15) is 0 Å². The average Bonchev–Trinajstić information content (AvgIpc) is 2.56. The van der Waals surface area contributed by atoms with Crippen molar-refractivity contribution in [3.8, 4) is 11.5 Å². The van der Waals surface area contributed by atoms with Crippen LogP contribution in [0.4, 0.5) is 10.1 Å². The molecule has 0 fully saturated rings. The largest absolute Gasteiger partial charge is 0.486 e. The second-order valence-electron chi connectivity index (χ2n) is 5.06. The van der Waals surface area contributed by atoms with Gasteiger partial charge in [-0.05, 0) is 43.3 Å². The molecule has 1 amide bonds. The van der Waals surface area contributed by atoms with Crippen LogP contribution >= 0.6 is 11.8 Å². The van der Waals surface area contributed by atoms with Crippen LogP contribution in [0.15, 0.2) is 47.4 Å². The van der Waals surface area contributed by atoms with Gasteiger partial charge in [-0.1, -0.05) is 0 Å². The summed E-state index contributed by atoms with van der Waals surface area (Å²) >= 11 is 1.37. The van der Waals surface area contributed by atoms with E-state index < -0.39 is 0 Å². The maximum Gasteiger partial charge on any atom is 0.237 e. The maximum atomic E-state index is 12.9. The number of anilines is 1. The third-order valence-electron chi connectivity index (χ3n) is 3.31. The zero-order valence-corrected chi connectivity index (χ0v) is 13.4. The summed E-state index contributed by atoms with van der Waals surface area (Å²) in [5, 5.41) is 2.54. The van der Waals surface area contributed by atoms with Crippen molar-refractivity contribution in [1.29, 1.82) is 0 Å². The number of benzene rings is 2. The third-order valence-corrected chi connectivity index (χ3v) is 4.42. The molecule has 1 N–H and O–H groups in total. The van der Waals surface area contributed by atoms with E-state index in [0.717, 1.165) is 4.90 Å². The summed E-state index contributed by atoms with van der Waals surface area (Å²) in [5.74, 6) is 0.898. The number of hydrogen-bond donors (Lipinski definition) is 1. The number of ether oxygens (including phenoxy) is 2. The Hall–Kier alpha value is -2.21. The van der Waals surface area contributed by atoms with Crippen LogP contribution in [0.25, 0.3) is 0 Å². The number of amides is 1. The van der Waals surface area contributed by atoms with E-state index in [9.17, 15) is 9.18 Å². The Labute approximate surface area is 138 Å². The Kier molecular flexibility index (Phi) is 4.71. The van der Waals surface area contributed by atoms with Gasteiger partial charge in [0, 0.05) is 16.6 Å². The molecule has 0 spiro atoms. The molecule has 1 aliphatic rings. The summed E-state index contributed by atoms with van der Waals surface area (Å²) in [5.41, 5.74) is 0.658. The molecule has 0 aliphatic carbocycles. The lowest BCUT2D eigenvalue weighted by molar-refractivity contribution is -0.115. The van der Waals surface area contributed by atoms with Gasteiger partial charge in [-0.25, -0.2) is 4.39 Å². The molecule has 23 heavy (non-hydrogen) atoms. The Morgan fingerprint density at radius 2 is 1.83 bits per heavy atom. The minimum Gasteiger partial charge on any atom is -0.486 e. The fourth-order valence-electron chi connectivity index (χ4n) is 2.14. The van der Waals surface area contributed by atoms with Crippen LogP contribution in [-0.4, -0.2) is 24.4 Å². The molecule has 0 bridgehead atoms. The van der Waals surface area contributed by atoms with E-state index in [1.165, 1.54) is 23.9 Å². The molecule has 4 nitrogen and oxygen atoms in total. The summed E-state index contributed by atoms with van der Waals surface area (Å²) in [6, 6.07) is 11.4. The van der Waals surface area contributed by atoms with E-state index >= 15 is 0 Å². The van der Waals surface area contributed by atoms with Crippen molar-refractivity contribution in [2.45, 2.75) is 17.1 Å². The fraction of sp³-hybridized carbons (Fsp3) is 0.235. The number of rotatable bonds is 4. The molecule has 6 heteroatoms. The molecule has 1 heterocycles. The number of carbonyl (C=O) groups is 1. The van der Waals surface area contributed by atoms with Gasteiger partial charge in [0.25, 0.3) is 0 Å². The van der Waals surface area contributed by atoms with E-state index in [2.05, 4.69) is 5.32 Å². The minimum absolute atomic E-state index is 0.129. The lowest BCUT2D eigenvalue weighted by Gasteiger charge is -2.19. The Morgan fingerprint density at radius 3 is 2.57 bits per heavy atom. The van der Waals surface area contributed by atoms with E-state index in [1.807, 2.05) is 0 Å². The molecule has 1 aliphatic heterocycles. The minimum atomic E-state index is -0.311. The molecule has 1 atom stereocenters. The molecule has 1 unspecified atom stereocenters. The van der Waals surface area contributed by atoms with E-state index in [0.29, 0.717) is 30.4 Å². The number of halogens is 1. The van der Waals surface area contributed by atoms with E-state index in [4.69, 9.17) is 9.47 Å². The maximum absolute atomic E-state index is 12.9. The predicted molar refractivity (Wildman–Crippen MR) is 87.8 cm³/mol. The standard InChI is InChI=1S/C17H16FNO3S/c1-11(23-14-5-2-12(18)3-6-14)17(20)19-13-4-7-15-16(10-13)22-9-8-21-15/h2-7,10-11H,8-9H2,1H3,(H,19,20). The average molecular weight is 333 g/mol. The highest BCUT2D eigenvalue weighted by Gasteiger charge is 2.17. The highest BCUT2D eigenvalue weighted by molar-refractivity contribution is 8.00. The van der Waals surface area contributed by atoms with Crippen LogP contribution in [0.2, 0.25) is 0 Å². The summed E-state index contributed by atoms with van der Waals surface area (Å²) < 4.78 is 23.8. The first kappa shape index (κ1) is 15.7. The lowest BCUT2D eigenvalue weighted by atomic mass is 10.2. The number of fused-ring (bicyclic) bond motifs is 1. The van der Waals surface area contributed by atoms with Crippen molar-refractivity contribution < 1.29 is 18.7 Å². The van der Waals surface area contributed by atoms with Gasteiger partial charge in [0.1, 0.15) is 19.0 Å². The molecule has 120 valence electrons. The van der Waals surface area contributed by atoms with Crippen molar-refractivity contribution in [1.82, 2.24) is 0 Å². The lowest BCUT2D eigenvalue weighted by Crippen LogP contribution is -2.22. The topological polar surface area (TPSA) is 47.6 Å². The number of thioether (sulfide) groups is 1. The van der Waals surface area contributed by atoms with Crippen molar-refractivity contribution in [3.05, 3.63) is 48.3 Å². The zero-order chi connectivity index (χ0) is 16.2. The van der Waals surface area contributed by atoms with Crippen LogP contribution < -0.4 is 14.8 Å². The molecule has 0 saturated carbocycles. The second-order valence-corrected chi connectivity index (χ2v) is 6.48. The first-order valence-corrected chi connectivity index (χ1v) is 8.12. The summed E-state index contributed by atoms with van der Waals surface area (Å²) in [6.07, 6.45) is 0.